The van der Waals surface area contributed by atoms with Gasteiger partial charge in [0.1, 0.15) is 5.76 Å². The average Bonchev–Trinajstić information content (AvgIpc) is 3.09. The molecule has 5 N–H and O–H groups in total. The molecule has 26 heavy (non-hydrogen) atoms. The highest BCUT2D eigenvalue weighted by atomic mass is 32.3. The number of hydrazone groups is 1. The van der Waals surface area contributed by atoms with Gasteiger partial charge in [0.2, 0.25) is 0 Å². The Bertz CT molecular complexity index is 855. The van der Waals surface area contributed by atoms with Crippen molar-refractivity contribution in [3.8, 4) is 0 Å². The van der Waals surface area contributed by atoms with Gasteiger partial charge in [0.15, 0.2) is 5.09 Å². The first kappa shape index (κ1) is 19.4. The summed E-state index contributed by atoms with van der Waals surface area (Å²) in [4.78, 5) is 23.0. The van der Waals surface area contributed by atoms with Crippen molar-refractivity contribution in [3.63, 3.8) is 0 Å². The van der Waals surface area contributed by atoms with Crippen LogP contribution in [0.15, 0.2) is 57.1 Å². The zero-order valence-electron chi connectivity index (χ0n) is 13.0. The van der Waals surface area contributed by atoms with Crippen molar-refractivity contribution >= 4 is 35.0 Å². The summed E-state index contributed by atoms with van der Waals surface area (Å²) in [6.45, 7) is 0. The first-order valence-corrected chi connectivity index (χ1v) is 8.41. The highest BCUT2D eigenvalue weighted by Crippen LogP contribution is 2.43. The molecule has 2 amide bonds. The van der Waals surface area contributed by atoms with E-state index < -0.39 is 27.8 Å². The van der Waals surface area contributed by atoms with Gasteiger partial charge in [0, 0.05) is 11.6 Å². The Labute approximate surface area is 149 Å². The van der Waals surface area contributed by atoms with E-state index in [-0.39, 0.29) is 11.3 Å². The van der Waals surface area contributed by atoms with Crippen LogP contribution in [0.25, 0.3) is 6.08 Å². The molecule has 1 aromatic carbocycles. The number of benzene rings is 1. The van der Waals surface area contributed by atoms with Gasteiger partial charge in [-0.15, -0.1) is 0 Å². The number of hydrogen-bond acceptors (Lipinski definition) is 8. The molecule has 0 bridgehead atoms. The predicted molar refractivity (Wildman–Crippen MR) is 91.1 cm³/mol. The van der Waals surface area contributed by atoms with E-state index in [0.717, 1.165) is 18.4 Å². The number of furan rings is 1. The van der Waals surface area contributed by atoms with Crippen LogP contribution in [0, 0.1) is 0 Å². The van der Waals surface area contributed by atoms with Crippen LogP contribution in [0.5, 0.6) is 0 Å². The molecule has 0 radical (unpaired) electrons. The predicted octanol–water partition coefficient (Wildman–Crippen LogP) is 1.80. The number of rotatable bonds is 6. The molecule has 0 spiro atoms. The smallest absolute Gasteiger partial charge is 0.271 e. The molecule has 0 aliphatic carbocycles. The first-order valence-electron chi connectivity index (χ1n) is 6.94. The summed E-state index contributed by atoms with van der Waals surface area (Å²) in [6.07, 6.45) is 3.57. The molecule has 0 atom stereocenters. The van der Waals surface area contributed by atoms with Gasteiger partial charge < -0.3 is 18.1 Å². The molecule has 1 heterocycles. The fraction of sp³-hybridized carbons (Fsp3) is 0. The number of hydrogen-bond donors (Lipinski definition) is 5. The summed E-state index contributed by atoms with van der Waals surface area (Å²) < 4.78 is 33.7. The van der Waals surface area contributed by atoms with Crippen LogP contribution in [-0.4, -0.2) is 36.9 Å². The summed E-state index contributed by atoms with van der Waals surface area (Å²) in [5, 5.41) is 11.5. The topological polar surface area (TPSA) is 167 Å². The molecule has 0 saturated carbocycles. The summed E-state index contributed by atoms with van der Waals surface area (Å²) in [6, 6.07) is 8.63. The minimum Gasteiger partial charge on any atom is -0.767 e. The maximum absolute atomic E-state index is 12.0. The van der Waals surface area contributed by atoms with Gasteiger partial charge in [-0.3, -0.25) is 14.8 Å². The quantitative estimate of drug-likeness (QED) is 0.220. The molecule has 0 aliphatic heterocycles. The van der Waals surface area contributed by atoms with Gasteiger partial charge in [0.25, 0.3) is 11.8 Å². The number of nitrogens with one attached hydrogen (secondary N) is 2. The van der Waals surface area contributed by atoms with Crippen LogP contribution >= 0.6 is 10.9 Å². The Kier molecular flexibility index (Phi) is 6.27. The molecule has 11 heteroatoms. The molecule has 1 aromatic heterocycles. The highest BCUT2D eigenvalue weighted by molar-refractivity contribution is 8.19. The van der Waals surface area contributed by atoms with Crippen LogP contribution in [0.1, 0.15) is 21.7 Å². The summed E-state index contributed by atoms with van der Waals surface area (Å²) in [7, 11) is -4.20. The lowest BCUT2D eigenvalue weighted by Gasteiger charge is -2.29. The van der Waals surface area contributed by atoms with Gasteiger partial charge in [-0.25, -0.2) is 10.9 Å². The van der Waals surface area contributed by atoms with Gasteiger partial charge in [-0.05, 0) is 46.8 Å². The number of nitrogens with zero attached hydrogens (tertiary/aromatic N) is 1. The highest BCUT2D eigenvalue weighted by Gasteiger charge is 2.10. The number of amides is 2. The number of carbonyl (C=O) groups excluding carboxylic acids is 2. The normalized spacial score (nSPS) is 12.5. The zero-order valence-corrected chi connectivity index (χ0v) is 13.8. The van der Waals surface area contributed by atoms with Gasteiger partial charge in [0.05, 0.1) is 6.21 Å². The van der Waals surface area contributed by atoms with E-state index in [1.807, 2.05) is 0 Å². The summed E-state index contributed by atoms with van der Waals surface area (Å²) in [5.41, 5.74) is 4.47. The Morgan fingerprint density at radius 1 is 1.23 bits per heavy atom. The van der Waals surface area contributed by atoms with Crippen molar-refractivity contribution in [1.82, 2.24) is 10.9 Å². The van der Waals surface area contributed by atoms with Crippen molar-refractivity contribution in [3.05, 3.63) is 59.4 Å². The zero-order chi connectivity index (χ0) is 19.2. The van der Waals surface area contributed by atoms with Crippen LogP contribution in [0.3, 0.4) is 0 Å². The second kappa shape index (κ2) is 8.42. The van der Waals surface area contributed by atoms with E-state index in [2.05, 4.69) is 10.5 Å². The molecule has 0 saturated heterocycles. The molecule has 2 aromatic rings. The molecular weight excluding hydrogens is 366 g/mol. The second-order valence-electron chi connectivity index (χ2n) is 4.79. The van der Waals surface area contributed by atoms with E-state index in [1.165, 1.54) is 29.8 Å². The van der Waals surface area contributed by atoms with E-state index >= 15 is 0 Å². The molecule has 0 fully saturated rings. The maximum Gasteiger partial charge on any atom is 0.271 e. The van der Waals surface area contributed by atoms with Crippen LogP contribution in [-0.2, 0) is 4.79 Å². The molecule has 0 aliphatic rings. The lowest BCUT2D eigenvalue weighted by molar-refractivity contribution is -0.124. The molecule has 10 nitrogen and oxygen atoms in total. The van der Waals surface area contributed by atoms with Gasteiger partial charge >= 0.3 is 0 Å². The third-order valence-corrected chi connectivity index (χ3v) is 3.65. The molecule has 138 valence electrons. The maximum atomic E-state index is 12.0. The van der Waals surface area contributed by atoms with E-state index in [4.69, 9.17) is 18.7 Å². The minimum absolute atomic E-state index is 0.0443. The van der Waals surface area contributed by atoms with Crippen molar-refractivity contribution in [2.24, 2.45) is 5.10 Å². The van der Waals surface area contributed by atoms with Crippen molar-refractivity contribution in [2.75, 3.05) is 0 Å². The van der Waals surface area contributed by atoms with Crippen molar-refractivity contribution in [1.29, 1.82) is 0 Å². The fourth-order valence-electron chi connectivity index (χ4n) is 1.76. The third kappa shape index (κ3) is 5.54. The Morgan fingerprint density at radius 3 is 2.65 bits per heavy atom. The van der Waals surface area contributed by atoms with Crippen molar-refractivity contribution in [2.45, 2.75) is 5.09 Å². The Hall–Kier alpha value is -2.96. The Morgan fingerprint density at radius 2 is 2.00 bits per heavy atom. The lowest BCUT2D eigenvalue weighted by atomic mass is 10.1. The van der Waals surface area contributed by atoms with Gasteiger partial charge in [-0.2, -0.15) is 5.10 Å². The number of hydroxylamine groups is 1. The molecule has 2 rings (SSSR count). The monoisotopic (exact) mass is 380 g/mol. The van der Waals surface area contributed by atoms with Crippen LogP contribution in [0.4, 0.5) is 0 Å². The largest absolute Gasteiger partial charge is 0.767 e. The molecular formula is C15H14N3O7S-. The van der Waals surface area contributed by atoms with Crippen LogP contribution in [0.2, 0.25) is 0 Å². The Balaban J connectivity index is 2.00. The average molecular weight is 380 g/mol. The van der Waals surface area contributed by atoms with Gasteiger partial charge in [-0.1, -0.05) is 12.1 Å². The van der Waals surface area contributed by atoms with E-state index in [1.54, 1.807) is 12.1 Å². The summed E-state index contributed by atoms with van der Waals surface area (Å²) in [5.74, 6) is -1.22. The van der Waals surface area contributed by atoms with Crippen LogP contribution < -0.4 is 10.9 Å². The first-order chi connectivity index (χ1) is 12.3. The number of carbonyl (C=O) groups is 2. The third-order valence-electron chi connectivity index (χ3n) is 2.91. The summed E-state index contributed by atoms with van der Waals surface area (Å²) >= 11 is 0. The van der Waals surface area contributed by atoms with E-state index in [0.29, 0.717) is 5.56 Å². The fourth-order valence-corrected chi connectivity index (χ4v) is 2.21. The SMILES string of the molecule is O=C(/C=C/c1cccc(C(=O)N/N=C/c2ccc(S([O-])(O)O)o2)c1)NO. The standard InChI is InChI=1S/C15H15N3O7S/c19-13(18-21)6-4-10-2-1-3-11(8-10)15(20)17-16-9-12-5-7-14(25-12)26(22,23)24/h1-9,21-24H,(H,17,20)(H,18,19)/p-1/b6-4+,16-9+. The molecule has 0 unspecified atom stereocenters. The minimum atomic E-state index is -4.20. The lowest BCUT2D eigenvalue weighted by Crippen LogP contribution is -2.17. The van der Waals surface area contributed by atoms with Crippen molar-refractivity contribution < 1.29 is 32.9 Å². The van der Waals surface area contributed by atoms with E-state index in [9.17, 15) is 14.1 Å². The second-order valence-corrected chi connectivity index (χ2v) is 6.18.